The van der Waals surface area contributed by atoms with E-state index in [9.17, 15) is 9.59 Å². The van der Waals surface area contributed by atoms with E-state index < -0.39 is 5.97 Å². The number of rotatable bonds is 5. The number of nitrogens with one attached hydrogen (secondary N) is 1. The lowest BCUT2D eigenvalue weighted by atomic mass is 9.95. The molecule has 1 saturated heterocycles. The molecule has 0 radical (unpaired) electrons. The third-order valence-electron chi connectivity index (χ3n) is 4.15. The summed E-state index contributed by atoms with van der Waals surface area (Å²) in [5.41, 5.74) is -0.105. The van der Waals surface area contributed by atoms with Gasteiger partial charge >= 0.3 is 12.0 Å². The lowest BCUT2D eigenvalue weighted by Crippen LogP contribution is -2.52. The van der Waals surface area contributed by atoms with Crippen molar-refractivity contribution in [2.24, 2.45) is 5.92 Å². The summed E-state index contributed by atoms with van der Waals surface area (Å²) in [5, 5.41) is 11.8. The SMILES string of the molecule is CN(C)C(C)(C)CNC(=O)N1CCCC(CC(=O)O)C1. The van der Waals surface area contributed by atoms with Gasteiger partial charge in [0.15, 0.2) is 0 Å². The summed E-state index contributed by atoms with van der Waals surface area (Å²) in [4.78, 5) is 26.7. The van der Waals surface area contributed by atoms with Crippen LogP contribution in [0.1, 0.15) is 33.1 Å². The molecule has 1 aliphatic heterocycles. The van der Waals surface area contributed by atoms with Gasteiger partial charge in [-0.1, -0.05) is 0 Å². The largest absolute Gasteiger partial charge is 0.481 e. The van der Waals surface area contributed by atoms with Crippen LogP contribution in [0.25, 0.3) is 0 Å². The first kappa shape index (κ1) is 16.8. The molecule has 1 atom stereocenters. The van der Waals surface area contributed by atoms with Crippen LogP contribution in [0, 0.1) is 5.92 Å². The van der Waals surface area contributed by atoms with Gasteiger partial charge in [-0.25, -0.2) is 4.79 Å². The molecule has 0 spiro atoms. The van der Waals surface area contributed by atoms with Crippen molar-refractivity contribution in [1.82, 2.24) is 15.1 Å². The van der Waals surface area contributed by atoms with Crippen LogP contribution in [0.3, 0.4) is 0 Å². The standard InChI is InChI=1S/C14H27N3O3/c1-14(2,16(3)4)10-15-13(20)17-7-5-6-11(9-17)8-12(18)19/h11H,5-10H2,1-4H3,(H,15,20)(H,18,19). The Kier molecular flexibility index (Phi) is 5.80. The number of urea groups is 1. The van der Waals surface area contributed by atoms with E-state index in [2.05, 4.69) is 24.1 Å². The number of likely N-dealkylation sites (N-methyl/N-ethyl adjacent to an activating group) is 1. The molecular formula is C14H27N3O3. The molecule has 20 heavy (non-hydrogen) atoms. The number of amides is 2. The monoisotopic (exact) mass is 285 g/mol. The maximum atomic E-state index is 12.1. The Balaban J connectivity index is 2.45. The molecule has 2 N–H and O–H groups in total. The van der Waals surface area contributed by atoms with E-state index in [1.165, 1.54) is 0 Å². The highest BCUT2D eigenvalue weighted by atomic mass is 16.4. The van der Waals surface area contributed by atoms with Gasteiger partial charge in [-0.05, 0) is 46.7 Å². The number of carbonyl (C=O) groups excluding carboxylic acids is 1. The number of carboxylic acids is 1. The lowest BCUT2D eigenvalue weighted by Gasteiger charge is -2.36. The number of likely N-dealkylation sites (tertiary alicyclic amines) is 1. The smallest absolute Gasteiger partial charge is 0.317 e. The second-order valence-corrected chi connectivity index (χ2v) is 6.42. The number of piperidine rings is 1. The number of hydrogen-bond acceptors (Lipinski definition) is 3. The molecule has 0 saturated carbocycles. The Labute approximate surface area is 121 Å². The summed E-state index contributed by atoms with van der Waals surface area (Å²) in [5.74, 6) is -0.708. The molecule has 0 aromatic rings. The van der Waals surface area contributed by atoms with E-state index >= 15 is 0 Å². The molecule has 1 heterocycles. The minimum absolute atomic E-state index is 0.0776. The van der Waals surface area contributed by atoms with Crippen LogP contribution in [0.5, 0.6) is 0 Å². The molecule has 116 valence electrons. The molecule has 0 aliphatic carbocycles. The van der Waals surface area contributed by atoms with E-state index in [-0.39, 0.29) is 23.9 Å². The van der Waals surface area contributed by atoms with E-state index in [0.717, 1.165) is 12.8 Å². The summed E-state index contributed by atoms with van der Waals surface area (Å²) in [6.45, 7) is 5.96. The third-order valence-corrected chi connectivity index (χ3v) is 4.15. The highest BCUT2D eigenvalue weighted by molar-refractivity contribution is 5.74. The van der Waals surface area contributed by atoms with Crippen LogP contribution in [0.4, 0.5) is 4.79 Å². The first-order valence-corrected chi connectivity index (χ1v) is 7.14. The summed E-state index contributed by atoms with van der Waals surface area (Å²) in [7, 11) is 3.96. The highest BCUT2D eigenvalue weighted by Crippen LogP contribution is 2.19. The third kappa shape index (κ3) is 5.00. The van der Waals surface area contributed by atoms with Gasteiger partial charge in [0.1, 0.15) is 0 Å². The molecule has 1 unspecified atom stereocenters. The fourth-order valence-electron chi connectivity index (χ4n) is 2.22. The lowest BCUT2D eigenvalue weighted by molar-refractivity contribution is -0.138. The zero-order chi connectivity index (χ0) is 15.3. The second kappa shape index (κ2) is 6.92. The Bertz CT molecular complexity index is 356. The van der Waals surface area contributed by atoms with E-state index in [1.54, 1.807) is 4.90 Å². The van der Waals surface area contributed by atoms with Crippen molar-refractivity contribution in [1.29, 1.82) is 0 Å². The molecule has 0 aromatic heterocycles. The van der Waals surface area contributed by atoms with Crippen molar-refractivity contribution in [2.75, 3.05) is 33.7 Å². The Hall–Kier alpha value is -1.30. The van der Waals surface area contributed by atoms with Crippen LogP contribution in [-0.4, -0.2) is 66.2 Å². The van der Waals surface area contributed by atoms with Gasteiger partial charge in [-0.15, -0.1) is 0 Å². The molecule has 0 bridgehead atoms. The van der Waals surface area contributed by atoms with Crippen LogP contribution in [-0.2, 0) is 4.79 Å². The van der Waals surface area contributed by atoms with E-state index in [0.29, 0.717) is 19.6 Å². The number of hydrogen-bond donors (Lipinski definition) is 2. The van der Waals surface area contributed by atoms with Gasteiger partial charge in [-0.3, -0.25) is 4.79 Å². The Morgan fingerprint density at radius 2 is 2.05 bits per heavy atom. The molecule has 6 heteroatoms. The number of nitrogens with zero attached hydrogens (tertiary/aromatic N) is 2. The van der Waals surface area contributed by atoms with Gasteiger partial charge in [-0.2, -0.15) is 0 Å². The fraction of sp³-hybridized carbons (Fsp3) is 0.857. The minimum atomic E-state index is -0.786. The topological polar surface area (TPSA) is 72.9 Å². The zero-order valence-electron chi connectivity index (χ0n) is 13.0. The number of carbonyl (C=O) groups is 2. The molecule has 0 aromatic carbocycles. The van der Waals surface area contributed by atoms with Crippen molar-refractivity contribution in [3.63, 3.8) is 0 Å². The molecule has 2 amide bonds. The van der Waals surface area contributed by atoms with E-state index in [4.69, 9.17) is 5.11 Å². The van der Waals surface area contributed by atoms with Crippen molar-refractivity contribution in [3.8, 4) is 0 Å². The molecule has 1 rings (SSSR count). The zero-order valence-corrected chi connectivity index (χ0v) is 13.0. The number of aliphatic carboxylic acids is 1. The van der Waals surface area contributed by atoms with Gasteiger partial charge < -0.3 is 20.2 Å². The number of carboxylic acid groups (broad SMARTS) is 1. The van der Waals surface area contributed by atoms with Gasteiger partial charge in [0.2, 0.25) is 0 Å². The Morgan fingerprint density at radius 1 is 1.40 bits per heavy atom. The maximum Gasteiger partial charge on any atom is 0.317 e. The van der Waals surface area contributed by atoms with E-state index in [1.807, 2.05) is 14.1 Å². The van der Waals surface area contributed by atoms with Gasteiger partial charge in [0.25, 0.3) is 0 Å². The van der Waals surface area contributed by atoms with Crippen molar-refractivity contribution < 1.29 is 14.7 Å². The van der Waals surface area contributed by atoms with Crippen LogP contribution in [0.2, 0.25) is 0 Å². The normalized spacial score (nSPS) is 20.1. The quantitative estimate of drug-likeness (QED) is 0.796. The van der Waals surface area contributed by atoms with Crippen LogP contribution >= 0.6 is 0 Å². The van der Waals surface area contributed by atoms with Crippen LogP contribution in [0.15, 0.2) is 0 Å². The molecular weight excluding hydrogens is 258 g/mol. The van der Waals surface area contributed by atoms with Crippen LogP contribution < -0.4 is 5.32 Å². The van der Waals surface area contributed by atoms with Crippen molar-refractivity contribution in [3.05, 3.63) is 0 Å². The fourth-order valence-corrected chi connectivity index (χ4v) is 2.22. The van der Waals surface area contributed by atoms with Gasteiger partial charge in [0, 0.05) is 31.6 Å². The average Bonchev–Trinajstić information content (AvgIpc) is 2.35. The molecule has 6 nitrogen and oxygen atoms in total. The maximum absolute atomic E-state index is 12.1. The predicted molar refractivity (Wildman–Crippen MR) is 77.7 cm³/mol. The summed E-state index contributed by atoms with van der Waals surface area (Å²) < 4.78 is 0. The summed E-state index contributed by atoms with van der Waals surface area (Å²) in [6.07, 6.45) is 1.91. The highest BCUT2D eigenvalue weighted by Gasteiger charge is 2.27. The second-order valence-electron chi connectivity index (χ2n) is 6.42. The Morgan fingerprint density at radius 3 is 2.60 bits per heavy atom. The summed E-state index contributed by atoms with van der Waals surface area (Å²) in [6, 6.07) is -0.0880. The summed E-state index contributed by atoms with van der Waals surface area (Å²) >= 11 is 0. The van der Waals surface area contributed by atoms with Crippen molar-refractivity contribution >= 4 is 12.0 Å². The molecule has 1 fully saturated rings. The van der Waals surface area contributed by atoms with Gasteiger partial charge in [0.05, 0.1) is 0 Å². The first-order chi connectivity index (χ1) is 9.22. The van der Waals surface area contributed by atoms with Crippen molar-refractivity contribution in [2.45, 2.75) is 38.6 Å². The molecule has 1 aliphatic rings. The first-order valence-electron chi connectivity index (χ1n) is 7.14. The average molecular weight is 285 g/mol. The predicted octanol–water partition coefficient (Wildman–Crippen LogP) is 1.22. The minimum Gasteiger partial charge on any atom is -0.481 e.